The van der Waals surface area contributed by atoms with Gasteiger partial charge in [0, 0.05) is 19.4 Å². The number of ketones is 1. The standard InChI is InChI=1S/C10H14O4/c11-5-3-8-7-9(12)10(14-8)4-1-2-6-13-10/h1-2,8,11H,3-7H2. The first-order valence-electron chi connectivity index (χ1n) is 4.88. The molecule has 4 heteroatoms. The molecule has 2 heterocycles. The van der Waals surface area contributed by atoms with Crippen LogP contribution in [0.3, 0.4) is 0 Å². The molecule has 0 aromatic heterocycles. The van der Waals surface area contributed by atoms with E-state index in [1.54, 1.807) is 0 Å². The summed E-state index contributed by atoms with van der Waals surface area (Å²) in [7, 11) is 0. The van der Waals surface area contributed by atoms with E-state index in [9.17, 15) is 4.79 Å². The largest absolute Gasteiger partial charge is 0.396 e. The van der Waals surface area contributed by atoms with Crippen LogP contribution in [0.2, 0.25) is 0 Å². The maximum atomic E-state index is 11.7. The van der Waals surface area contributed by atoms with E-state index in [1.165, 1.54) is 0 Å². The zero-order valence-corrected chi connectivity index (χ0v) is 7.94. The quantitative estimate of drug-likeness (QED) is 0.652. The van der Waals surface area contributed by atoms with Crippen LogP contribution < -0.4 is 0 Å². The molecule has 1 fully saturated rings. The second kappa shape index (κ2) is 3.81. The van der Waals surface area contributed by atoms with Gasteiger partial charge in [-0.3, -0.25) is 4.79 Å². The van der Waals surface area contributed by atoms with Gasteiger partial charge >= 0.3 is 0 Å². The lowest BCUT2D eigenvalue weighted by Gasteiger charge is -2.28. The molecule has 2 atom stereocenters. The third-order valence-corrected chi connectivity index (χ3v) is 2.61. The van der Waals surface area contributed by atoms with Crippen molar-refractivity contribution in [2.45, 2.75) is 31.2 Å². The summed E-state index contributed by atoms with van der Waals surface area (Å²) in [6.45, 7) is 0.474. The van der Waals surface area contributed by atoms with Crippen molar-refractivity contribution >= 4 is 5.78 Å². The number of carbonyl (C=O) groups excluding carboxylic acids is 1. The Labute approximate surface area is 82.5 Å². The van der Waals surface area contributed by atoms with Crippen LogP contribution in [0.25, 0.3) is 0 Å². The van der Waals surface area contributed by atoms with Crippen LogP contribution >= 0.6 is 0 Å². The van der Waals surface area contributed by atoms with E-state index in [0.717, 1.165) is 0 Å². The number of ether oxygens (including phenoxy) is 2. The van der Waals surface area contributed by atoms with E-state index >= 15 is 0 Å². The first-order chi connectivity index (χ1) is 6.77. The minimum absolute atomic E-state index is 0.000278. The monoisotopic (exact) mass is 198 g/mol. The summed E-state index contributed by atoms with van der Waals surface area (Å²) in [4.78, 5) is 11.7. The number of aliphatic hydroxyl groups excluding tert-OH is 1. The molecule has 0 saturated carbocycles. The minimum Gasteiger partial charge on any atom is -0.396 e. The summed E-state index contributed by atoms with van der Waals surface area (Å²) in [6, 6.07) is 0. The highest BCUT2D eigenvalue weighted by Crippen LogP contribution is 2.34. The maximum absolute atomic E-state index is 11.7. The van der Waals surface area contributed by atoms with Crippen molar-refractivity contribution in [3.8, 4) is 0 Å². The summed E-state index contributed by atoms with van der Waals surface area (Å²) >= 11 is 0. The fourth-order valence-electron chi connectivity index (χ4n) is 1.87. The van der Waals surface area contributed by atoms with Gasteiger partial charge in [-0.25, -0.2) is 0 Å². The van der Waals surface area contributed by atoms with E-state index in [4.69, 9.17) is 14.6 Å². The van der Waals surface area contributed by atoms with E-state index in [1.807, 2.05) is 12.2 Å². The summed E-state index contributed by atoms with van der Waals surface area (Å²) < 4.78 is 10.9. The zero-order chi connectivity index (χ0) is 10.0. The molecule has 0 aromatic carbocycles. The van der Waals surface area contributed by atoms with Gasteiger partial charge in [0.1, 0.15) is 0 Å². The highest BCUT2D eigenvalue weighted by Gasteiger charge is 2.48. The predicted molar refractivity (Wildman–Crippen MR) is 48.6 cm³/mol. The van der Waals surface area contributed by atoms with Gasteiger partial charge in [-0.05, 0) is 6.42 Å². The molecular weight excluding hydrogens is 184 g/mol. The molecule has 0 bridgehead atoms. The predicted octanol–water partition coefficient (Wildman–Crippen LogP) is 0.400. The lowest BCUT2D eigenvalue weighted by Crippen LogP contribution is -2.40. The van der Waals surface area contributed by atoms with Crippen LogP contribution in [-0.4, -0.2) is 36.0 Å². The normalized spacial score (nSPS) is 36.9. The van der Waals surface area contributed by atoms with Gasteiger partial charge in [0.15, 0.2) is 5.78 Å². The van der Waals surface area contributed by atoms with Crippen molar-refractivity contribution < 1.29 is 19.4 Å². The Balaban J connectivity index is 2.06. The number of aliphatic hydroxyl groups is 1. The van der Waals surface area contributed by atoms with Crippen molar-refractivity contribution in [3.05, 3.63) is 12.2 Å². The van der Waals surface area contributed by atoms with Crippen LogP contribution in [0.4, 0.5) is 0 Å². The van der Waals surface area contributed by atoms with Gasteiger partial charge in [-0.15, -0.1) is 0 Å². The van der Waals surface area contributed by atoms with Crippen molar-refractivity contribution in [1.29, 1.82) is 0 Å². The summed E-state index contributed by atoms with van der Waals surface area (Å²) in [5.74, 6) is -1.03. The Morgan fingerprint density at radius 3 is 3.07 bits per heavy atom. The second-order valence-corrected chi connectivity index (χ2v) is 3.62. The fourth-order valence-corrected chi connectivity index (χ4v) is 1.87. The van der Waals surface area contributed by atoms with Crippen molar-refractivity contribution in [2.24, 2.45) is 0 Å². The molecule has 4 nitrogen and oxygen atoms in total. The molecule has 0 amide bonds. The van der Waals surface area contributed by atoms with Gasteiger partial charge in [-0.2, -0.15) is 0 Å². The molecule has 2 aliphatic rings. The lowest BCUT2D eigenvalue weighted by molar-refractivity contribution is -0.218. The number of hydrogen-bond donors (Lipinski definition) is 1. The summed E-state index contributed by atoms with van der Waals surface area (Å²) in [6.07, 6.45) is 4.95. The molecule has 2 unspecified atom stereocenters. The van der Waals surface area contributed by atoms with Gasteiger partial charge in [0.25, 0.3) is 0 Å². The molecule has 78 valence electrons. The smallest absolute Gasteiger partial charge is 0.233 e. The Kier molecular flexibility index (Phi) is 2.67. The van der Waals surface area contributed by atoms with E-state index in [-0.39, 0.29) is 18.5 Å². The zero-order valence-electron chi connectivity index (χ0n) is 7.94. The molecule has 2 rings (SSSR count). The highest BCUT2D eigenvalue weighted by molar-refractivity contribution is 5.88. The van der Waals surface area contributed by atoms with Crippen LogP contribution in [0, 0.1) is 0 Å². The topological polar surface area (TPSA) is 55.8 Å². The third kappa shape index (κ3) is 1.61. The first kappa shape index (κ1) is 9.83. The van der Waals surface area contributed by atoms with Crippen LogP contribution in [0.5, 0.6) is 0 Å². The molecule has 0 aliphatic carbocycles. The number of hydrogen-bond acceptors (Lipinski definition) is 4. The molecule has 1 saturated heterocycles. The number of rotatable bonds is 2. The van der Waals surface area contributed by atoms with Crippen LogP contribution in [0.1, 0.15) is 19.3 Å². The average molecular weight is 198 g/mol. The van der Waals surface area contributed by atoms with Gasteiger partial charge in [0.05, 0.1) is 12.7 Å². The van der Waals surface area contributed by atoms with E-state index in [0.29, 0.717) is 25.9 Å². The van der Waals surface area contributed by atoms with Crippen LogP contribution in [-0.2, 0) is 14.3 Å². The van der Waals surface area contributed by atoms with Crippen LogP contribution in [0.15, 0.2) is 12.2 Å². The molecule has 1 spiro atoms. The van der Waals surface area contributed by atoms with E-state index < -0.39 is 5.79 Å². The Hall–Kier alpha value is -0.710. The fraction of sp³-hybridized carbons (Fsp3) is 0.700. The second-order valence-electron chi connectivity index (χ2n) is 3.62. The Bertz CT molecular complexity index is 261. The lowest BCUT2D eigenvalue weighted by atomic mass is 10.0. The van der Waals surface area contributed by atoms with Crippen molar-refractivity contribution in [1.82, 2.24) is 0 Å². The van der Waals surface area contributed by atoms with Crippen molar-refractivity contribution in [3.63, 3.8) is 0 Å². The summed E-state index contributed by atoms with van der Waals surface area (Å²) in [5, 5.41) is 8.75. The number of carbonyl (C=O) groups is 1. The van der Waals surface area contributed by atoms with Gasteiger partial charge < -0.3 is 14.6 Å². The molecular formula is C10H14O4. The molecule has 0 radical (unpaired) electrons. The minimum atomic E-state index is -1.03. The average Bonchev–Trinajstić information content (AvgIpc) is 2.45. The first-order valence-corrected chi connectivity index (χ1v) is 4.88. The van der Waals surface area contributed by atoms with Gasteiger partial charge in [0.2, 0.25) is 5.79 Å². The van der Waals surface area contributed by atoms with Gasteiger partial charge in [-0.1, -0.05) is 12.2 Å². The molecule has 2 aliphatic heterocycles. The van der Waals surface area contributed by atoms with E-state index in [2.05, 4.69) is 0 Å². The number of Topliss-reactive ketones (excluding diaryl/α,β-unsaturated/α-hetero) is 1. The molecule has 14 heavy (non-hydrogen) atoms. The Morgan fingerprint density at radius 2 is 2.43 bits per heavy atom. The molecule has 0 aromatic rings. The van der Waals surface area contributed by atoms with Crippen molar-refractivity contribution in [2.75, 3.05) is 13.2 Å². The molecule has 1 N–H and O–H groups in total. The highest BCUT2D eigenvalue weighted by atomic mass is 16.7. The summed E-state index contributed by atoms with van der Waals surface area (Å²) in [5.41, 5.74) is 0. The maximum Gasteiger partial charge on any atom is 0.233 e. The Morgan fingerprint density at radius 1 is 1.57 bits per heavy atom. The third-order valence-electron chi connectivity index (χ3n) is 2.61. The SMILES string of the molecule is O=C1CC(CCO)OC12CC=CCO2.